The molecule has 0 bridgehead atoms. The lowest BCUT2D eigenvalue weighted by Crippen LogP contribution is -2.42. The summed E-state index contributed by atoms with van der Waals surface area (Å²) in [6.45, 7) is 8.49. The second-order valence-electron chi connectivity index (χ2n) is 5.42. The van der Waals surface area contributed by atoms with Gasteiger partial charge in [-0.3, -0.25) is 0 Å². The number of hydrogen-bond acceptors (Lipinski definition) is 2. The highest BCUT2D eigenvalue weighted by Gasteiger charge is 2.37. The van der Waals surface area contributed by atoms with Crippen LogP contribution in [0.3, 0.4) is 0 Å². The van der Waals surface area contributed by atoms with Gasteiger partial charge in [-0.25, -0.2) is 0 Å². The second kappa shape index (κ2) is 4.63. The quantitative estimate of drug-likeness (QED) is 0.716. The van der Waals surface area contributed by atoms with Crippen molar-refractivity contribution in [3.05, 3.63) is 0 Å². The van der Waals surface area contributed by atoms with Gasteiger partial charge in [-0.15, -0.1) is 0 Å². The van der Waals surface area contributed by atoms with E-state index >= 15 is 0 Å². The van der Waals surface area contributed by atoms with Crippen LogP contribution in [0.4, 0.5) is 0 Å². The van der Waals surface area contributed by atoms with Gasteiger partial charge in [0.05, 0.1) is 12.2 Å². The molecular weight excluding hydrogens is 176 g/mol. The smallest absolute Gasteiger partial charge is 0.0575 e. The van der Waals surface area contributed by atoms with Crippen molar-refractivity contribution in [1.29, 1.82) is 0 Å². The molecule has 1 fully saturated rings. The highest BCUT2D eigenvalue weighted by Crippen LogP contribution is 2.37. The van der Waals surface area contributed by atoms with Gasteiger partial charge in [0.15, 0.2) is 0 Å². The zero-order valence-corrected chi connectivity index (χ0v) is 9.77. The van der Waals surface area contributed by atoms with Crippen LogP contribution >= 0.6 is 0 Å². The summed E-state index contributed by atoms with van der Waals surface area (Å²) in [6.07, 6.45) is 1.10. The molecule has 0 aliphatic heterocycles. The molecule has 0 amide bonds. The summed E-state index contributed by atoms with van der Waals surface area (Å²) in [7, 11) is 0. The summed E-state index contributed by atoms with van der Waals surface area (Å²) >= 11 is 0. The summed E-state index contributed by atoms with van der Waals surface area (Å²) in [5.41, 5.74) is 0. The van der Waals surface area contributed by atoms with E-state index in [0.717, 1.165) is 12.8 Å². The van der Waals surface area contributed by atoms with Gasteiger partial charge >= 0.3 is 0 Å². The molecule has 84 valence electrons. The molecule has 0 aromatic heterocycles. The Morgan fingerprint density at radius 3 is 1.29 bits per heavy atom. The van der Waals surface area contributed by atoms with Crippen LogP contribution in [0.15, 0.2) is 0 Å². The molecule has 0 radical (unpaired) electrons. The van der Waals surface area contributed by atoms with E-state index in [4.69, 9.17) is 0 Å². The van der Waals surface area contributed by atoms with E-state index in [2.05, 4.69) is 27.7 Å². The first-order chi connectivity index (χ1) is 6.43. The number of aliphatic hydroxyl groups is 2. The van der Waals surface area contributed by atoms with E-state index in [9.17, 15) is 10.2 Å². The Bertz CT molecular complexity index is 157. The third kappa shape index (κ3) is 2.48. The van der Waals surface area contributed by atoms with E-state index < -0.39 is 0 Å². The van der Waals surface area contributed by atoms with Gasteiger partial charge in [-0.1, -0.05) is 27.7 Å². The molecule has 2 heteroatoms. The lowest BCUT2D eigenvalue weighted by molar-refractivity contribution is -0.0597. The van der Waals surface area contributed by atoms with Crippen LogP contribution in [-0.2, 0) is 0 Å². The van der Waals surface area contributed by atoms with Crippen LogP contribution in [-0.4, -0.2) is 22.4 Å². The maximum atomic E-state index is 9.97. The van der Waals surface area contributed by atoms with Crippen LogP contribution in [0.25, 0.3) is 0 Å². The van der Waals surface area contributed by atoms with Crippen LogP contribution in [0.1, 0.15) is 40.5 Å². The fourth-order valence-corrected chi connectivity index (χ4v) is 2.65. The molecule has 2 N–H and O–H groups in total. The normalized spacial score (nSPS) is 39.4. The maximum absolute atomic E-state index is 9.97. The first-order valence-electron chi connectivity index (χ1n) is 5.79. The van der Waals surface area contributed by atoms with Crippen molar-refractivity contribution in [2.24, 2.45) is 23.7 Å². The summed E-state index contributed by atoms with van der Waals surface area (Å²) < 4.78 is 0. The molecule has 0 aromatic carbocycles. The predicted octanol–water partition coefficient (Wildman–Crippen LogP) is 2.05. The van der Waals surface area contributed by atoms with Crippen molar-refractivity contribution < 1.29 is 10.2 Å². The molecule has 2 nitrogen and oxygen atoms in total. The Kier molecular flexibility index (Phi) is 3.96. The summed E-state index contributed by atoms with van der Waals surface area (Å²) in [5, 5.41) is 19.9. The highest BCUT2D eigenvalue weighted by atomic mass is 16.3. The third-order valence-corrected chi connectivity index (χ3v) is 3.73. The lowest BCUT2D eigenvalue weighted by Gasteiger charge is -2.40. The van der Waals surface area contributed by atoms with Gasteiger partial charge in [0.25, 0.3) is 0 Å². The molecular formula is C12H24O2. The molecule has 1 aliphatic rings. The van der Waals surface area contributed by atoms with Gasteiger partial charge in [0.2, 0.25) is 0 Å². The minimum atomic E-state index is -0.217. The second-order valence-corrected chi connectivity index (χ2v) is 5.42. The van der Waals surface area contributed by atoms with Crippen molar-refractivity contribution >= 4 is 0 Å². The molecule has 0 unspecified atom stereocenters. The molecule has 14 heavy (non-hydrogen) atoms. The molecule has 4 atom stereocenters. The largest absolute Gasteiger partial charge is 0.393 e. The van der Waals surface area contributed by atoms with Crippen LogP contribution in [0, 0.1) is 23.7 Å². The number of rotatable bonds is 2. The monoisotopic (exact) mass is 200 g/mol. The Morgan fingerprint density at radius 2 is 1.07 bits per heavy atom. The Labute approximate surface area is 87.3 Å². The van der Waals surface area contributed by atoms with Crippen molar-refractivity contribution in [3.8, 4) is 0 Å². The minimum absolute atomic E-state index is 0.217. The standard InChI is InChI=1S/C12H24O2/c1-7(2)9-5-12(14)10(8(3)4)6-11(9)13/h7-14H,5-6H2,1-4H3/t9-,10-,11-,12-/m0/s1. The fraction of sp³-hybridized carbons (Fsp3) is 1.00. The Balaban J connectivity index is 2.62. The molecule has 1 rings (SSSR count). The number of hydrogen-bond donors (Lipinski definition) is 2. The average molecular weight is 200 g/mol. The first kappa shape index (κ1) is 12.0. The van der Waals surface area contributed by atoms with E-state index in [1.807, 2.05) is 0 Å². The maximum Gasteiger partial charge on any atom is 0.0575 e. The van der Waals surface area contributed by atoms with E-state index in [1.165, 1.54) is 0 Å². The van der Waals surface area contributed by atoms with Gasteiger partial charge in [0.1, 0.15) is 0 Å². The molecule has 0 aromatic rings. The topological polar surface area (TPSA) is 40.5 Å². The van der Waals surface area contributed by atoms with E-state index in [1.54, 1.807) is 0 Å². The van der Waals surface area contributed by atoms with Crippen LogP contribution in [0.2, 0.25) is 0 Å². The first-order valence-corrected chi connectivity index (χ1v) is 5.79. The molecule has 0 heterocycles. The molecule has 0 saturated heterocycles. The van der Waals surface area contributed by atoms with E-state index in [-0.39, 0.29) is 24.0 Å². The summed E-state index contributed by atoms with van der Waals surface area (Å²) in [4.78, 5) is 0. The zero-order chi connectivity index (χ0) is 10.9. The van der Waals surface area contributed by atoms with Crippen molar-refractivity contribution in [2.75, 3.05) is 0 Å². The average Bonchev–Trinajstić information content (AvgIpc) is 2.07. The van der Waals surface area contributed by atoms with Gasteiger partial charge in [-0.05, 0) is 36.5 Å². The van der Waals surface area contributed by atoms with Crippen LogP contribution < -0.4 is 0 Å². The van der Waals surface area contributed by atoms with Crippen molar-refractivity contribution in [3.63, 3.8) is 0 Å². The molecule has 0 spiro atoms. The van der Waals surface area contributed by atoms with Gasteiger partial charge in [-0.2, -0.15) is 0 Å². The highest BCUT2D eigenvalue weighted by molar-refractivity contribution is 4.87. The molecule has 1 saturated carbocycles. The van der Waals surface area contributed by atoms with Gasteiger partial charge < -0.3 is 10.2 Å². The summed E-state index contributed by atoms with van der Waals surface area (Å²) in [6, 6.07) is 0. The summed E-state index contributed by atoms with van der Waals surface area (Å²) in [5.74, 6) is 1.49. The SMILES string of the molecule is CC(C)[C@@H]1C[C@H](O)[C@H](C(C)C)C[C@@H]1O. The van der Waals surface area contributed by atoms with E-state index in [0.29, 0.717) is 11.8 Å². The Hall–Kier alpha value is -0.0800. The van der Waals surface area contributed by atoms with Crippen LogP contribution in [0.5, 0.6) is 0 Å². The minimum Gasteiger partial charge on any atom is -0.393 e. The molecule has 1 aliphatic carbocycles. The van der Waals surface area contributed by atoms with Crippen molar-refractivity contribution in [1.82, 2.24) is 0 Å². The van der Waals surface area contributed by atoms with Crippen molar-refractivity contribution in [2.45, 2.75) is 52.7 Å². The zero-order valence-electron chi connectivity index (χ0n) is 9.77. The fourth-order valence-electron chi connectivity index (χ4n) is 2.65. The predicted molar refractivity (Wildman–Crippen MR) is 57.9 cm³/mol. The lowest BCUT2D eigenvalue weighted by atomic mass is 9.70. The number of aliphatic hydroxyl groups excluding tert-OH is 2. The third-order valence-electron chi connectivity index (χ3n) is 3.73. The Morgan fingerprint density at radius 1 is 0.786 bits per heavy atom. The van der Waals surface area contributed by atoms with Gasteiger partial charge in [0, 0.05) is 0 Å².